The molecule has 1 fully saturated rings. The second-order valence-electron chi connectivity index (χ2n) is 6.08. The summed E-state index contributed by atoms with van der Waals surface area (Å²) in [5, 5.41) is 10.1. The fourth-order valence-electron chi connectivity index (χ4n) is 2.60. The van der Waals surface area contributed by atoms with Crippen molar-refractivity contribution in [2.75, 3.05) is 13.1 Å². The molecule has 0 aromatic heterocycles. The van der Waals surface area contributed by atoms with Crippen LogP contribution in [0.1, 0.15) is 32.3 Å². The van der Waals surface area contributed by atoms with Gasteiger partial charge in [0.15, 0.2) is 0 Å². The van der Waals surface area contributed by atoms with E-state index in [2.05, 4.69) is 47.7 Å². The average molecular weight is 342 g/mol. The van der Waals surface area contributed by atoms with E-state index in [1.807, 2.05) is 18.2 Å². The molecule has 0 aliphatic carbocycles. The number of hydrogen-bond donors (Lipinski definition) is 0. The predicted octanol–water partition coefficient (Wildman–Crippen LogP) is 4.44. The molecule has 4 heteroatoms. The van der Waals surface area contributed by atoms with Crippen LogP contribution in [0.2, 0.25) is 5.02 Å². The Morgan fingerprint density at radius 3 is 2.58 bits per heavy atom. The Hall–Kier alpha value is -0.560. The van der Waals surface area contributed by atoms with E-state index >= 15 is 0 Å². The van der Waals surface area contributed by atoms with Gasteiger partial charge in [0.1, 0.15) is 0 Å². The minimum atomic E-state index is 0.0119. The minimum Gasteiger partial charge on any atom is -0.297 e. The Bertz CT molecular complexity index is 516. The molecule has 0 saturated carbocycles. The van der Waals surface area contributed by atoms with E-state index in [9.17, 15) is 5.26 Å². The van der Waals surface area contributed by atoms with Crippen molar-refractivity contribution >= 4 is 27.5 Å². The van der Waals surface area contributed by atoms with Crippen LogP contribution in [0, 0.1) is 17.2 Å². The van der Waals surface area contributed by atoms with E-state index in [1.165, 1.54) is 0 Å². The van der Waals surface area contributed by atoms with Crippen LogP contribution < -0.4 is 0 Å². The summed E-state index contributed by atoms with van der Waals surface area (Å²) in [5.74, 6) is 0.211. The van der Waals surface area contributed by atoms with E-state index < -0.39 is 0 Å². The quantitative estimate of drug-likeness (QED) is 0.755. The third-order valence-electron chi connectivity index (χ3n) is 3.80. The SMILES string of the molecule is CC(C)(C)N1C[C@@H](C#N)[C@H](c2ccc(Br)cc2Cl)C1. The molecule has 1 aliphatic heterocycles. The van der Waals surface area contributed by atoms with E-state index in [0.29, 0.717) is 0 Å². The van der Waals surface area contributed by atoms with Gasteiger partial charge in [-0.05, 0) is 38.5 Å². The molecule has 0 spiro atoms. The molecule has 2 nitrogen and oxygen atoms in total. The molecular weight excluding hydrogens is 324 g/mol. The zero-order chi connectivity index (χ0) is 14.2. The van der Waals surface area contributed by atoms with Gasteiger partial charge in [-0.3, -0.25) is 4.90 Å². The Kier molecular flexibility index (Phi) is 4.25. The van der Waals surface area contributed by atoms with Gasteiger partial charge in [-0.2, -0.15) is 5.26 Å². The summed E-state index contributed by atoms with van der Waals surface area (Å²) in [7, 11) is 0. The maximum atomic E-state index is 9.40. The summed E-state index contributed by atoms with van der Waals surface area (Å²) in [4.78, 5) is 2.37. The molecule has 19 heavy (non-hydrogen) atoms. The molecule has 0 N–H and O–H groups in total. The van der Waals surface area contributed by atoms with Gasteiger partial charge in [0.25, 0.3) is 0 Å². The van der Waals surface area contributed by atoms with Crippen molar-refractivity contribution < 1.29 is 0 Å². The van der Waals surface area contributed by atoms with Crippen LogP contribution in [0.15, 0.2) is 22.7 Å². The number of nitriles is 1. The van der Waals surface area contributed by atoms with E-state index in [1.54, 1.807) is 0 Å². The summed E-state index contributed by atoms with van der Waals surface area (Å²) in [6.45, 7) is 8.27. The van der Waals surface area contributed by atoms with Crippen LogP contribution in [0.4, 0.5) is 0 Å². The lowest BCUT2D eigenvalue weighted by Crippen LogP contribution is -2.39. The fraction of sp³-hybridized carbons (Fsp3) is 0.533. The van der Waals surface area contributed by atoms with Crippen molar-refractivity contribution in [2.24, 2.45) is 5.92 Å². The molecule has 102 valence electrons. The summed E-state index contributed by atoms with van der Waals surface area (Å²) >= 11 is 9.76. The van der Waals surface area contributed by atoms with Gasteiger partial charge < -0.3 is 0 Å². The fourth-order valence-corrected chi connectivity index (χ4v) is 3.41. The van der Waals surface area contributed by atoms with Crippen molar-refractivity contribution in [3.63, 3.8) is 0 Å². The van der Waals surface area contributed by atoms with Gasteiger partial charge in [0, 0.05) is 34.0 Å². The highest BCUT2D eigenvalue weighted by molar-refractivity contribution is 9.10. The van der Waals surface area contributed by atoms with Gasteiger partial charge >= 0.3 is 0 Å². The number of benzene rings is 1. The van der Waals surface area contributed by atoms with Crippen molar-refractivity contribution in [2.45, 2.75) is 32.2 Å². The van der Waals surface area contributed by atoms with E-state index in [4.69, 9.17) is 11.6 Å². The number of nitrogens with zero attached hydrogens (tertiary/aromatic N) is 2. The van der Waals surface area contributed by atoms with Gasteiger partial charge in [-0.15, -0.1) is 0 Å². The van der Waals surface area contributed by atoms with Gasteiger partial charge in [0.2, 0.25) is 0 Å². The minimum absolute atomic E-state index is 0.0119. The molecule has 0 radical (unpaired) electrons. The molecular formula is C15H18BrClN2. The second-order valence-corrected chi connectivity index (χ2v) is 7.41. The van der Waals surface area contributed by atoms with Crippen LogP contribution in [0.5, 0.6) is 0 Å². The Morgan fingerprint density at radius 1 is 1.37 bits per heavy atom. The van der Waals surface area contributed by atoms with Crippen LogP contribution in [-0.2, 0) is 0 Å². The van der Waals surface area contributed by atoms with Gasteiger partial charge in [-0.1, -0.05) is 33.6 Å². The maximum absolute atomic E-state index is 9.40. The Labute approximate surface area is 128 Å². The van der Waals surface area contributed by atoms with Crippen LogP contribution in [0.3, 0.4) is 0 Å². The maximum Gasteiger partial charge on any atom is 0.0676 e. The molecule has 1 aromatic rings. The highest BCUT2D eigenvalue weighted by Gasteiger charge is 2.39. The predicted molar refractivity (Wildman–Crippen MR) is 82.3 cm³/mol. The zero-order valence-corrected chi connectivity index (χ0v) is 13.8. The van der Waals surface area contributed by atoms with Crippen LogP contribution >= 0.6 is 27.5 Å². The largest absolute Gasteiger partial charge is 0.297 e. The normalized spacial score (nSPS) is 24.4. The molecule has 1 aliphatic rings. The van der Waals surface area contributed by atoms with Gasteiger partial charge in [0.05, 0.1) is 12.0 Å². The molecule has 1 aromatic carbocycles. The average Bonchev–Trinajstić information content (AvgIpc) is 2.72. The van der Waals surface area contributed by atoms with Crippen LogP contribution in [0.25, 0.3) is 0 Å². The number of halogens is 2. The molecule has 2 rings (SSSR count). The first kappa shape index (κ1) is 14.8. The van der Waals surface area contributed by atoms with E-state index in [-0.39, 0.29) is 17.4 Å². The number of likely N-dealkylation sites (tertiary alicyclic amines) is 1. The summed E-state index contributed by atoms with van der Waals surface area (Å²) in [6.07, 6.45) is 0. The third-order valence-corrected chi connectivity index (χ3v) is 4.62. The van der Waals surface area contributed by atoms with Crippen molar-refractivity contribution in [1.29, 1.82) is 5.26 Å². The standard InChI is InChI=1S/C15H18BrClN2/c1-15(2,3)19-8-10(7-18)13(9-19)12-5-4-11(16)6-14(12)17/h4-6,10,13H,8-9H2,1-3H3/t10-,13-/m1/s1. The molecule has 0 unspecified atom stereocenters. The Balaban J connectivity index is 2.31. The third kappa shape index (κ3) is 3.13. The van der Waals surface area contributed by atoms with Crippen LogP contribution in [-0.4, -0.2) is 23.5 Å². The molecule has 1 saturated heterocycles. The monoisotopic (exact) mass is 340 g/mol. The number of hydrogen-bond acceptors (Lipinski definition) is 2. The molecule has 2 atom stereocenters. The first-order valence-electron chi connectivity index (χ1n) is 6.42. The zero-order valence-electron chi connectivity index (χ0n) is 11.5. The highest BCUT2D eigenvalue weighted by atomic mass is 79.9. The molecule has 1 heterocycles. The first-order chi connectivity index (χ1) is 8.82. The lowest BCUT2D eigenvalue weighted by molar-refractivity contribution is 0.170. The summed E-state index contributed by atoms with van der Waals surface area (Å²) in [5.41, 5.74) is 1.18. The van der Waals surface area contributed by atoms with Crippen molar-refractivity contribution in [3.8, 4) is 6.07 Å². The van der Waals surface area contributed by atoms with E-state index in [0.717, 1.165) is 28.1 Å². The Morgan fingerprint density at radius 2 is 2.05 bits per heavy atom. The topological polar surface area (TPSA) is 27.0 Å². The smallest absolute Gasteiger partial charge is 0.0676 e. The highest BCUT2D eigenvalue weighted by Crippen LogP contribution is 2.39. The second kappa shape index (κ2) is 5.44. The van der Waals surface area contributed by atoms with Crippen molar-refractivity contribution in [1.82, 2.24) is 4.90 Å². The lowest BCUT2D eigenvalue weighted by Gasteiger charge is -2.31. The number of rotatable bonds is 1. The summed E-state index contributed by atoms with van der Waals surface area (Å²) in [6, 6.07) is 8.38. The summed E-state index contributed by atoms with van der Waals surface area (Å²) < 4.78 is 0.973. The van der Waals surface area contributed by atoms with Gasteiger partial charge in [-0.25, -0.2) is 0 Å². The lowest BCUT2D eigenvalue weighted by atomic mass is 9.90. The first-order valence-corrected chi connectivity index (χ1v) is 7.59. The molecule has 0 amide bonds. The molecule has 0 bridgehead atoms. The van der Waals surface area contributed by atoms with Crippen molar-refractivity contribution in [3.05, 3.63) is 33.3 Å².